The summed E-state index contributed by atoms with van der Waals surface area (Å²) < 4.78 is 12.3. The number of hydrogen-bond acceptors (Lipinski definition) is 5. The van der Waals surface area contributed by atoms with Crippen LogP contribution in [0.5, 0.6) is 0 Å². The number of esters is 1. The summed E-state index contributed by atoms with van der Waals surface area (Å²) in [7, 11) is 0. The average Bonchev–Trinajstić information content (AvgIpc) is 3.14. The van der Waals surface area contributed by atoms with Crippen LogP contribution < -0.4 is 0 Å². The van der Waals surface area contributed by atoms with Gasteiger partial charge in [-0.1, -0.05) is 34.1 Å². The van der Waals surface area contributed by atoms with Gasteiger partial charge in [-0.25, -0.2) is 4.79 Å². The Kier molecular flexibility index (Phi) is 4.08. The Bertz CT molecular complexity index is 597. The monoisotopic (exact) mass is 365 g/mol. The Morgan fingerprint density at radius 2 is 1.96 bits per heavy atom. The molecule has 4 rings (SSSR count). The highest BCUT2D eigenvalue weighted by Gasteiger charge is 2.74. The van der Waals surface area contributed by atoms with E-state index in [1.807, 2.05) is 20.8 Å². The van der Waals surface area contributed by atoms with E-state index in [-0.39, 0.29) is 41.1 Å². The molecule has 0 aromatic heterocycles. The number of hydrogen-bond donors (Lipinski definition) is 0. The Balaban J connectivity index is 1.60. The summed E-state index contributed by atoms with van der Waals surface area (Å²) in [4.78, 5) is 19.1. The fourth-order valence-electron chi connectivity index (χ4n) is 6.16. The molecule has 0 amide bonds. The lowest BCUT2D eigenvalue weighted by Crippen LogP contribution is -2.43. The van der Waals surface area contributed by atoms with Crippen molar-refractivity contribution in [3.63, 3.8) is 0 Å². The number of hydroxylamine groups is 2. The minimum absolute atomic E-state index is 0.0477. The minimum atomic E-state index is -0.546. The van der Waals surface area contributed by atoms with E-state index in [2.05, 4.69) is 32.8 Å². The van der Waals surface area contributed by atoms with Gasteiger partial charge < -0.3 is 9.47 Å². The molecule has 0 spiro atoms. The van der Waals surface area contributed by atoms with Gasteiger partial charge in [0.15, 0.2) is 6.10 Å². The maximum Gasteiger partial charge on any atom is 0.338 e. The molecule has 0 N–H and O–H groups in total. The zero-order chi connectivity index (χ0) is 19.1. The van der Waals surface area contributed by atoms with Crippen molar-refractivity contribution in [2.24, 2.45) is 22.7 Å². The van der Waals surface area contributed by atoms with Crippen molar-refractivity contribution in [1.29, 1.82) is 0 Å². The van der Waals surface area contributed by atoms with Crippen LogP contribution in [0.2, 0.25) is 0 Å². The molecule has 2 saturated carbocycles. The average molecular weight is 366 g/mol. The molecule has 2 aliphatic carbocycles. The Labute approximate surface area is 157 Å². The number of nitrogens with zero attached hydrogens (tertiary/aromatic N) is 1. The highest BCUT2D eigenvalue weighted by atomic mass is 16.8. The molecule has 148 valence electrons. The number of carbonyl (C=O) groups excluding carboxylic acids is 1. The van der Waals surface area contributed by atoms with E-state index in [4.69, 9.17) is 14.3 Å². The first-order chi connectivity index (χ1) is 12.0. The van der Waals surface area contributed by atoms with Gasteiger partial charge in [0.2, 0.25) is 0 Å². The second-order valence-electron chi connectivity index (χ2n) is 10.6. The first-order valence-corrected chi connectivity index (χ1v) is 10.3. The smallest absolute Gasteiger partial charge is 0.338 e. The third-order valence-corrected chi connectivity index (χ3v) is 7.81. The van der Waals surface area contributed by atoms with Crippen LogP contribution in [0.4, 0.5) is 0 Å². The predicted molar refractivity (Wildman–Crippen MR) is 98.0 cm³/mol. The van der Waals surface area contributed by atoms with Crippen molar-refractivity contribution in [3.05, 3.63) is 0 Å². The van der Waals surface area contributed by atoms with Gasteiger partial charge in [-0.2, -0.15) is 5.06 Å². The fraction of sp³-hybridized carbons (Fsp3) is 0.952. The van der Waals surface area contributed by atoms with Gasteiger partial charge in [-0.3, -0.25) is 4.84 Å². The third kappa shape index (κ3) is 2.36. The Morgan fingerprint density at radius 3 is 2.58 bits per heavy atom. The largest absolute Gasteiger partial charge is 0.458 e. The van der Waals surface area contributed by atoms with Gasteiger partial charge in [0, 0.05) is 11.3 Å². The summed E-state index contributed by atoms with van der Waals surface area (Å²) in [5.74, 6) is 0.354. The van der Waals surface area contributed by atoms with Crippen molar-refractivity contribution in [2.45, 2.75) is 104 Å². The van der Waals surface area contributed by atoms with Crippen LogP contribution in [0.15, 0.2) is 0 Å². The number of carbonyl (C=O) groups is 1. The molecule has 0 aromatic carbocycles. The van der Waals surface area contributed by atoms with Crippen molar-refractivity contribution in [2.75, 3.05) is 0 Å². The Hall–Kier alpha value is -0.650. The number of fused-ring (bicyclic) bond motifs is 7. The van der Waals surface area contributed by atoms with Gasteiger partial charge in [0.1, 0.15) is 11.8 Å². The van der Waals surface area contributed by atoms with Crippen LogP contribution >= 0.6 is 0 Å². The molecule has 2 bridgehead atoms. The SMILES string of the molecule is CCC[C@@H]1[C@@H](C(=O)OC(C)(C)C)ON2[C@@H]3[C@H]4CC[C@@](C)([C@@H]3O[C@@H]12)C4(C)C. The van der Waals surface area contributed by atoms with E-state index in [9.17, 15) is 4.79 Å². The molecule has 0 radical (unpaired) electrons. The van der Waals surface area contributed by atoms with E-state index in [1.165, 1.54) is 12.8 Å². The van der Waals surface area contributed by atoms with Gasteiger partial charge in [-0.15, -0.1) is 0 Å². The van der Waals surface area contributed by atoms with E-state index in [1.54, 1.807) is 0 Å². The van der Waals surface area contributed by atoms with Gasteiger partial charge in [0.05, 0.1) is 12.1 Å². The standard InChI is InChI=1S/C21H35NO4/c1-8-9-12-15(18(23)25-19(2,3)4)26-22-14-13-10-11-21(7,20(13,5)6)16(14)24-17(12)22/h12-17H,8-11H2,1-7H3/t12-,13-,14-,15+,16-,17+,21+/m1/s1. The quantitative estimate of drug-likeness (QED) is 0.710. The lowest BCUT2D eigenvalue weighted by Gasteiger charge is -2.38. The van der Waals surface area contributed by atoms with Crippen LogP contribution in [0, 0.1) is 22.7 Å². The number of ether oxygens (including phenoxy) is 2. The third-order valence-electron chi connectivity index (χ3n) is 7.81. The molecule has 7 atom stereocenters. The topological polar surface area (TPSA) is 48.0 Å². The molecule has 2 heterocycles. The molecular weight excluding hydrogens is 330 g/mol. The van der Waals surface area contributed by atoms with Crippen LogP contribution in [0.25, 0.3) is 0 Å². The lowest BCUT2D eigenvalue weighted by atomic mass is 9.70. The molecule has 4 fully saturated rings. The van der Waals surface area contributed by atoms with Gasteiger partial charge in [-0.05, 0) is 51.4 Å². The summed E-state index contributed by atoms with van der Waals surface area (Å²) in [6, 6.07) is 0.264. The first-order valence-electron chi connectivity index (χ1n) is 10.3. The predicted octanol–water partition coefficient (Wildman–Crippen LogP) is 3.91. The molecule has 0 unspecified atom stereocenters. The van der Waals surface area contributed by atoms with Crippen LogP contribution in [0.3, 0.4) is 0 Å². The van der Waals surface area contributed by atoms with Gasteiger partial charge >= 0.3 is 5.97 Å². The molecule has 4 aliphatic rings. The summed E-state index contributed by atoms with van der Waals surface area (Å²) in [6.07, 6.45) is 3.91. The maximum absolute atomic E-state index is 12.8. The summed E-state index contributed by atoms with van der Waals surface area (Å²) in [5.41, 5.74) is -0.0787. The number of rotatable bonds is 3. The molecule has 5 heteroatoms. The van der Waals surface area contributed by atoms with E-state index in [0.29, 0.717) is 5.92 Å². The molecule has 0 aromatic rings. The highest BCUT2D eigenvalue weighted by molar-refractivity contribution is 5.76. The molecule has 26 heavy (non-hydrogen) atoms. The zero-order valence-corrected chi connectivity index (χ0v) is 17.4. The summed E-state index contributed by atoms with van der Waals surface area (Å²) in [5, 5.41) is 2.07. The lowest BCUT2D eigenvalue weighted by molar-refractivity contribution is -0.212. The summed E-state index contributed by atoms with van der Waals surface area (Å²) in [6.45, 7) is 15.0. The second kappa shape index (κ2) is 5.68. The van der Waals surface area contributed by atoms with Crippen molar-refractivity contribution >= 4 is 5.97 Å². The molecular formula is C21H35NO4. The summed E-state index contributed by atoms with van der Waals surface area (Å²) >= 11 is 0. The van der Waals surface area contributed by atoms with Crippen molar-refractivity contribution in [3.8, 4) is 0 Å². The molecule has 5 nitrogen and oxygen atoms in total. The maximum atomic E-state index is 12.8. The van der Waals surface area contributed by atoms with Crippen LogP contribution in [0.1, 0.15) is 74.1 Å². The minimum Gasteiger partial charge on any atom is -0.458 e. The van der Waals surface area contributed by atoms with Crippen molar-refractivity contribution < 1.29 is 19.1 Å². The highest BCUT2D eigenvalue weighted by Crippen LogP contribution is 2.70. The van der Waals surface area contributed by atoms with E-state index in [0.717, 1.165) is 12.8 Å². The Morgan fingerprint density at radius 1 is 1.27 bits per heavy atom. The van der Waals surface area contributed by atoms with Crippen LogP contribution in [-0.4, -0.2) is 41.1 Å². The molecule has 2 aliphatic heterocycles. The van der Waals surface area contributed by atoms with E-state index < -0.39 is 11.7 Å². The van der Waals surface area contributed by atoms with Crippen LogP contribution in [-0.2, 0) is 19.1 Å². The zero-order valence-electron chi connectivity index (χ0n) is 17.4. The van der Waals surface area contributed by atoms with E-state index >= 15 is 0 Å². The second-order valence-corrected chi connectivity index (χ2v) is 10.6. The first kappa shape index (κ1) is 18.7. The molecule has 2 saturated heterocycles. The van der Waals surface area contributed by atoms with Crippen molar-refractivity contribution in [1.82, 2.24) is 5.06 Å². The van der Waals surface area contributed by atoms with Gasteiger partial charge in [0.25, 0.3) is 0 Å². The normalized spacial score (nSPS) is 46.4. The fourth-order valence-corrected chi connectivity index (χ4v) is 6.16.